The van der Waals surface area contributed by atoms with Gasteiger partial charge in [-0.2, -0.15) is 0 Å². The van der Waals surface area contributed by atoms with Gasteiger partial charge in [-0.3, -0.25) is 9.59 Å². The highest BCUT2D eigenvalue weighted by Gasteiger charge is 2.35. The van der Waals surface area contributed by atoms with Gasteiger partial charge in [-0.25, -0.2) is 0 Å². The summed E-state index contributed by atoms with van der Waals surface area (Å²) < 4.78 is 5.64. The Labute approximate surface area is 127 Å². The molecule has 2 aliphatic rings. The molecule has 3 atom stereocenters. The van der Waals surface area contributed by atoms with E-state index in [1.165, 1.54) is 0 Å². The molecule has 0 fully saturated rings. The van der Waals surface area contributed by atoms with Crippen molar-refractivity contribution in [2.45, 2.75) is 50.9 Å². The minimum atomic E-state index is -0.946. The van der Waals surface area contributed by atoms with E-state index < -0.39 is 24.3 Å². The van der Waals surface area contributed by atoms with Crippen LogP contribution in [-0.4, -0.2) is 33.2 Å². The molecule has 0 bridgehead atoms. The minimum Gasteiger partial charge on any atom is -0.507 e. The number of benzene rings is 1. The largest absolute Gasteiger partial charge is 0.507 e. The van der Waals surface area contributed by atoms with E-state index in [9.17, 15) is 19.8 Å². The lowest BCUT2D eigenvalue weighted by atomic mass is 9.81. The zero-order valence-electron chi connectivity index (χ0n) is 12.2. The zero-order valence-corrected chi connectivity index (χ0v) is 12.2. The molecule has 3 N–H and O–H groups in total. The normalized spacial score (nSPS) is 27.2. The monoisotopic (exact) mass is 306 g/mol. The molecule has 0 aromatic heterocycles. The molecule has 0 saturated heterocycles. The molecule has 3 rings (SSSR count). The first kappa shape index (κ1) is 15.0. The number of fused-ring (bicyclic) bond motifs is 2. The van der Waals surface area contributed by atoms with Crippen LogP contribution in [-0.2, 0) is 16.0 Å². The lowest BCUT2D eigenvalue weighted by molar-refractivity contribution is -0.141. The van der Waals surface area contributed by atoms with Gasteiger partial charge in [-0.05, 0) is 30.9 Å². The van der Waals surface area contributed by atoms with Gasteiger partial charge < -0.3 is 20.1 Å². The van der Waals surface area contributed by atoms with E-state index in [1.807, 2.05) is 0 Å². The van der Waals surface area contributed by atoms with Crippen molar-refractivity contribution >= 4 is 11.8 Å². The van der Waals surface area contributed by atoms with Crippen molar-refractivity contribution in [3.05, 3.63) is 28.3 Å². The second kappa shape index (κ2) is 5.37. The fourth-order valence-electron chi connectivity index (χ4n) is 3.45. The van der Waals surface area contributed by atoms with Crippen LogP contribution in [0.15, 0.2) is 6.07 Å². The van der Waals surface area contributed by atoms with Gasteiger partial charge in [0.15, 0.2) is 5.78 Å². The maximum atomic E-state index is 12.1. The van der Waals surface area contributed by atoms with Crippen molar-refractivity contribution in [1.29, 1.82) is 0 Å². The summed E-state index contributed by atoms with van der Waals surface area (Å²) in [6, 6.07) is 1.72. The molecule has 0 spiro atoms. The summed E-state index contributed by atoms with van der Waals surface area (Å²) in [5, 5.41) is 29.5. The number of aromatic hydroxyl groups is 1. The Hall–Kier alpha value is -1.92. The van der Waals surface area contributed by atoms with Gasteiger partial charge in [-0.1, -0.05) is 6.07 Å². The lowest BCUT2D eigenvalue weighted by Gasteiger charge is -2.33. The maximum absolute atomic E-state index is 12.1. The van der Waals surface area contributed by atoms with Gasteiger partial charge in [0.25, 0.3) is 0 Å². The molecule has 0 amide bonds. The number of phenolic OH excluding ortho intramolecular Hbond substituents is 1. The molecule has 3 unspecified atom stereocenters. The van der Waals surface area contributed by atoms with Crippen LogP contribution in [0.4, 0.5) is 0 Å². The average molecular weight is 306 g/mol. The Morgan fingerprint density at radius 1 is 1.45 bits per heavy atom. The standard InChI is InChI=1S/C16H18O6/c1-7-14-8(4-9(22-7)6-13(19)20)5-10-11(17)2-3-12(18)15(10)16(14)21/h5,7,9,11,17,21H,2-4,6H2,1H3,(H,19,20). The van der Waals surface area contributed by atoms with E-state index in [0.717, 1.165) is 5.56 Å². The molecule has 1 aliphatic heterocycles. The Kier molecular flexibility index (Phi) is 3.66. The molecule has 0 radical (unpaired) electrons. The molecular weight excluding hydrogens is 288 g/mol. The number of aliphatic hydroxyl groups excluding tert-OH is 1. The van der Waals surface area contributed by atoms with Crippen LogP contribution >= 0.6 is 0 Å². The molecule has 1 aromatic rings. The number of phenols is 1. The van der Waals surface area contributed by atoms with Gasteiger partial charge in [-0.15, -0.1) is 0 Å². The van der Waals surface area contributed by atoms with Gasteiger partial charge in [0.05, 0.1) is 30.3 Å². The number of aliphatic hydroxyl groups is 1. The Morgan fingerprint density at radius 2 is 2.18 bits per heavy atom. The Balaban J connectivity index is 2.08. The first-order chi connectivity index (χ1) is 10.4. The van der Waals surface area contributed by atoms with Crippen LogP contribution in [0, 0.1) is 0 Å². The Morgan fingerprint density at radius 3 is 2.86 bits per heavy atom. The van der Waals surface area contributed by atoms with Gasteiger partial charge in [0.1, 0.15) is 5.75 Å². The van der Waals surface area contributed by atoms with Gasteiger partial charge in [0, 0.05) is 12.0 Å². The first-order valence-electron chi connectivity index (χ1n) is 7.35. The summed E-state index contributed by atoms with van der Waals surface area (Å²) in [6.45, 7) is 1.72. The number of ether oxygens (including phenoxy) is 1. The van der Waals surface area contributed by atoms with E-state index >= 15 is 0 Å². The zero-order chi connectivity index (χ0) is 16.0. The van der Waals surface area contributed by atoms with Gasteiger partial charge >= 0.3 is 5.97 Å². The second-order valence-corrected chi connectivity index (χ2v) is 5.94. The number of carbonyl (C=O) groups excluding carboxylic acids is 1. The third kappa shape index (κ3) is 2.38. The van der Waals surface area contributed by atoms with Crippen LogP contribution in [0.1, 0.15) is 65.4 Å². The van der Waals surface area contributed by atoms with E-state index in [-0.39, 0.29) is 29.9 Å². The van der Waals surface area contributed by atoms with E-state index in [2.05, 4.69) is 0 Å². The number of hydrogen-bond acceptors (Lipinski definition) is 5. The second-order valence-electron chi connectivity index (χ2n) is 5.94. The van der Waals surface area contributed by atoms with Crippen LogP contribution in [0.2, 0.25) is 0 Å². The molecule has 1 aliphatic carbocycles. The lowest BCUT2D eigenvalue weighted by Crippen LogP contribution is -2.29. The van der Waals surface area contributed by atoms with Crippen molar-refractivity contribution in [2.24, 2.45) is 0 Å². The number of ketones is 1. The molecule has 118 valence electrons. The quantitative estimate of drug-likeness (QED) is 0.770. The number of carboxylic acids is 1. The third-order valence-corrected chi connectivity index (χ3v) is 4.39. The number of hydrogen-bond donors (Lipinski definition) is 3. The average Bonchev–Trinajstić information content (AvgIpc) is 2.41. The molecule has 1 aromatic carbocycles. The molecule has 1 heterocycles. The van der Waals surface area contributed by atoms with E-state index in [0.29, 0.717) is 24.0 Å². The van der Waals surface area contributed by atoms with Crippen LogP contribution in [0.5, 0.6) is 5.75 Å². The van der Waals surface area contributed by atoms with E-state index in [4.69, 9.17) is 9.84 Å². The van der Waals surface area contributed by atoms with E-state index in [1.54, 1.807) is 13.0 Å². The molecular formula is C16H18O6. The molecule has 0 saturated carbocycles. The predicted molar refractivity (Wildman–Crippen MR) is 75.9 cm³/mol. The number of rotatable bonds is 2. The number of carboxylic acid groups (broad SMARTS) is 1. The highest BCUT2D eigenvalue weighted by molar-refractivity contribution is 6.01. The number of carbonyl (C=O) groups is 2. The maximum Gasteiger partial charge on any atom is 0.305 e. The molecule has 6 heteroatoms. The summed E-state index contributed by atoms with van der Waals surface area (Å²) in [4.78, 5) is 22.9. The smallest absolute Gasteiger partial charge is 0.305 e. The summed E-state index contributed by atoms with van der Waals surface area (Å²) >= 11 is 0. The topological polar surface area (TPSA) is 104 Å². The molecule has 22 heavy (non-hydrogen) atoms. The van der Waals surface area contributed by atoms with Crippen molar-refractivity contribution < 1.29 is 29.6 Å². The van der Waals surface area contributed by atoms with Crippen LogP contribution < -0.4 is 0 Å². The van der Waals surface area contributed by atoms with Crippen molar-refractivity contribution in [2.75, 3.05) is 0 Å². The number of Topliss-reactive ketones (excluding diaryl/α,β-unsaturated/α-hetero) is 1. The highest BCUT2D eigenvalue weighted by Crippen LogP contribution is 2.44. The third-order valence-electron chi connectivity index (χ3n) is 4.39. The molecule has 6 nitrogen and oxygen atoms in total. The van der Waals surface area contributed by atoms with Gasteiger partial charge in [0.2, 0.25) is 0 Å². The number of aliphatic carboxylic acids is 1. The van der Waals surface area contributed by atoms with Crippen LogP contribution in [0.25, 0.3) is 0 Å². The van der Waals surface area contributed by atoms with Crippen molar-refractivity contribution in [1.82, 2.24) is 0 Å². The summed E-state index contributed by atoms with van der Waals surface area (Å²) in [5.74, 6) is -1.25. The highest BCUT2D eigenvalue weighted by atomic mass is 16.5. The van der Waals surface area contributed by atoms with Crippen molar-refractivity contribution in [3.63, 3.8) is 0 Å². The van der Waals surface area contributed by atoms with Crippen LogP contribution in [0.3, 0.4) is 0 Å². The Bertz CT molecular complexity index is 651. The fraction of sp³-hybridized carbons (Fsp3) is 0.500. The predicted octanol–water partition coefficient (Wildman–Crippen LogP) is 1.88. The fourth-order valence-corrected chi connectivity index (χ4v) is 3.45. The van der Waals surface area contributed by atoms with Crippen molar-refractivity contribution in [3.8, 4) is 5.75 Å². The summed E-state index contributed by atoms with van der Waals surface area (Å²) in [6.07, 6.45) is -0.984. The summed E-state index contributed by atoms with van der Waals surface area (Å²) in [7, 11) is 0. The minimum absolute atomic E-state index is 0.122. The first-order valence-corrected chi connectivity index (χ1v) is 7.35. The SMILES string of the molecule is CC1OC(CC(=O)O)Cc2cc3c(c(O)c21)C(=O)CCC3O. The summed E-state index contributed by atoms with van der Waals surface area (Å²) in [5.41, 5.74) is 1.90.